The van der Waals surface area contributed by atoms with E-state index in [1.54, 1.807) is 0 Å². The maximum Gasteiger partial charge on any atom is 0.0501 e. The molecule has 0 saturated carbocycles. The van der Waals surface area contributed by atoms with Crippen LogP contribution in [0.2, 0.25) is 0 Å². The summed E-state index contributed by atoms with van der Waals surface area (Å²) >= 11 is 0. The SMILES string of the molecule is CCC[C@@H](c1cccn1C)N1CCNCC1. The number of aryl methyl sites for hydroxylation is 1. The fourth-order valence-corrected chi connectivity index (χ4v) is 2.61. The van der Waals surface area contributed by atoms with Gasteiger partial charge in [0.2, 0.25) is 0 Å². The first-order chi connectivity index (χ1) is 7.83. The molecule has 0 spiro atoms. The molecule has 0 bridgehead atoms. The van der Waals surface area contributed by atoms with E-state index in [1.165, 1.54) is 31.6 Å². The number of aromatic nitrogens is 1. The van der Waals surface area contributed by atoms with E-state index < -0.39 is 0 Å². The lowest BCUT2D eigenvalue weighted by Gasteiger charge is -2.35. The van der Waals surface area contributed by atoms with Crippen molar-refractivity contribution in [3.05, 3.63) is 24.0 Å². The van der Waals surface area contributed by atoms with Gasteiger partial charge in [-0.2, -0.15) is 0 Å². The lowest BCUT2D eigenvalue weighted by atomic mass is 10.1. The molecule has 1 atom stereocenters. The summed E-state index contributed by atoms with van der Waals surface area (Å²) in [6.07, 6.45) is 4.66. The Kier molecular flexibility index (Phi) is 4.02. The van der Waals surface area contributed by atoms with Gasteiger partial charge < -0.3 is 9.88 Å². The van der Waals surface area contributed by atoms with Crippen molar-refractivity contribution in [2.45, 2.75) is 25.8 Å². The van der Waals surface area contributed by atoms with Crippen molar-refractivity contribution < 1.29 is 0 Å². The zero-order valence-corrected chi connectivity index (χ0v) is 10.4. The molecule has 1 fully saturated rings. The molecule has 0 unspecified atom stereocenters. The Morgan fingerprint density at radius 2 is 2.12 bits per heavy atom. The fourth-order valence-electron chi connectivity index (χ4n) is 2.61. The molecule has 0 amide bonds. The second-order valence-electron chi connectivity index (χ2n) is 4.63. The van der Waals surface area contributed by atoms with E-state index in [0.29, 0.717) is 6.04 Å². The first-order valence-corrected chi connectivity index (χ1v) is 6.39. The van der Waals surface area contributed by atoms with Crippen LogP contribution in [0.3, 0.4) is 0 Å². The Morgan fingerprint density at radius 1 is 1.38 bits per heavy atom. The molecular formula is C13H23N3. The Balaban J connectivity index is 2.12. The van der Waals surface area contributed by atoms with Gasteiger partial charge in [0.15, 0.2) is 0 Å². The van der Waals surface area contributed by atoms with Gasteiger partial charge in [-0.25, -0.2) is 0 Å². The predicted molar refractivity (Wildman–Crippen MR) is 67.5 cm³/mol. The smallest absolute Gasteiger partial charge is 0.0501 e. The molecule has 3 heteroatoms. The van der Waals surface area contributed by atoms with Gasteiger partial charge in [0.05, 0.1) is 6.04 Å². The highest BCUT2D eigenvalue weighted by atomic mass is 15.2. The van der Waals surface area contributed by atoms with Crippen molar-refractivity contribution in [1.29, 1.82) is 0 Å². The quantitative estimate of drug-likeness (QED) is 0.836. The Hall–Kier alpha value is -0.800. The van der Waals surface area contributed by atoms with E-state index in [0.717, 1.165) is 13.1 Å². The second-order valence-corrected chi connectivity index (χ2v) is 4.63. The summed E-state index contributed by atoms with van der Waals surface area (Å²) in [5, 5.41) is 3.42. The van der Waals surface area contributed by atoms with Gasteiger partial charge in [0.25, 0.3) is 0 Å². The molecule has 0 aromatic carbocycles. The van der Waals surface area contributed by atoms with Crippen molar-refractivity contribution in [2.75, 3.05) is 26.2 Å². The minimum absolute atomic E-state index is 0.604. The van der Waals surface area contributed by atoms with Crippen LogP contribution in [0.1, 0.15) is 31.5 Å². The van der Waals surface area contributed by atoms with Crippen molar-refractivity contribution in [3.63, 3.8) is 0 Å². The largest absolute Gasteiger partial charge is 0.353 e. The molecule has 1 saturated heterocycles. The van der Waals surface area contributed by atoms with Crippen molar-refractivity contribution >= 4 is 0 Å². The number of rotatable bonds is 4. The Bertz CT molecular complexity index is 313. The van der Waals surface area contributed by atoms with Crippen LogP contribution in [0.4, 0.5) is 0 Å². The first kappa shape index (κ1) is 11.7. The number of hydrogen-bond donors (Lipinski definition) is 1. The normalized spacial score (nSPS) is 19.9. The number of hydrogen-bond acceptors (Lipinski definition) is 2. The van der Waals surface area contributed by atoms with Crippen LogP contribution < -0.4 is 5.32 Å². The molecule has 16 heavy (non-hydrogen) atoms. The average molecular weight is 221 g/mol. The van der Waals surface area contributed by atoms with Gasteiger partial charge in [0.1, 0.15) is 0 Å². The number of piperazine rings is 1. The van der Waals surface area contributed by atoms with Gasteiger partial charge in [-0.3, -0.25) is 4.90 Å². The highest BCUT2D eigenvalue weighted by molar-refractivity contribution is 5.12. The standard InChI is InChI=1S/C13H23N3/c1-3-5-13(12-6-4-9-15(12)2)16-10-7-14-8-11-16/h4,6,9,13-14H,3,5,7-8,10-11H2,1-2H3/t13-/m0/s1. The van der Waals surface area contributed by atoms with Crippen molar-refractivity contribution in [2.24, 2.45) is 7.05 Å². The summed E-state index contributed by atoms with van der Waals surface area (Å²) in [5.74, 6) is 0. The molecule has 1 aromatic rings. The zero-order chi connectivity index (χ0) is 11.4. The van der Waals surface area contributed by atoms with E-state index in [-0.39, 0.29) is 0 Å². The minimum Gasteiger partial charge on any atom is -0.353 e. The summed E-state index contributed by atoms with van der Waals surface area (Å²) in [7, 11) is 2.15. The highest BCUT2D eigenvalue weighted by Gasteiger charge is 2.22. The highest BCUT2D eigenvalue weighted by Crippen LogP contribution is 2.25. The number of nitrogens with one attached hydrogen (secondary N) is 1. The summed E-state index contributed by atoms with van der Waals surface area (Å²) in [6, 6.07) is 5.02. The van der Waals surface area contributed by atoms with Crippen LogP contribution in [0, 0.1) is 0 Å². The molecule has 2 heterocycles. The van der Waals surface area contributed by atoms with E-state index >= 15 is 0 Å². The molecule has 90 valence electrons. The van der Waals surface area contributed by atoms with Crippen LogP contribution in [-0.2, 0) is 7.05 Å². The third-order valence-corrected chi connectivity index (χ3v) is 3.48. The van der Waals surface area contributed by atoms with Crippen LogP contribution in [0.5, 0.6) is 0 Å². The summed E-state index contributed by atoms with van der Waals surface area (Å²) in [4.78, 5) is 2.62. The van der Waals surface area contributed by atoms with Crippen LogP contribution in [0.15, 0.2) is 18.3 Å². The summed E-state index contributed by atoms with van der Waals surface area (Å²) < 4.78 is 2.27. The maximum atomic E-state index is 3.42. The molecule has 1 aromatic heterocycles. The third kappa shape index (κ3) is 2.47. The molecule has 0 radical (unpaired) electrons. The van der Waals surface area contributed by atoms with Crippen LogP contribution >= 0.6 is 0 Å². The Labute approximate surface area is 98.4 Å². The number of nitrogens with zero attached hydrogens (tertiary/aromatic N) is 2. The molecule has 3 nitrogen and oxygen atoms in total. The molecule has 1 N–H and O–H groups in total. The van der Waals surface area contributed by atoms with E-state index in [9.17, 15) is 0 Å². The fraction of sp³-hybridized carbons (Fsp3) is 0.692. The van der Waals surface area contributed by atoms with E-state index in [4.69, 9.17) is 0 Å². The molecule has 0 aliphatic carbocycles. The first-order valence-electron chi connectivity index (χ1n) is 6.39. The molecule has 1 aliphatic heterocycles. The maximum absolute atomic E-state index is 3.42. The lowest BCUT2D eigenvalue weighted by Crippen LogP contribution is -2.45. The topological polar surface area (TPSA) is 20.2 Å². The second kappa shape index (κ2) is 5.51. The summed E-state index contributed by atoms with van der Waals surface area (Å²) in [6.45, 7) is 6.89. The molecular weight excluding hydrogens is 198 g/mol. The van der Waals surface area contributed by atoms with E-state index in [1.807, 2.05) is 0 Å². The van der Waals surface area contributed by atoms with Gasteiger partial charge >= 0.3 is 0 Å². The van der Waals surface area contributed by atoms with Gasteiger partial charge in [-0.1, -0.05) is 13.3 Å². The Morgan fingerprint density at radius 3 is 2.69 bits per heavy atom. The van der Waals surface area contributed by atoms with Gasteiger partial charge in [-0.15, -0.1) is 0 Å². The molecule has 1 aliphatic rings. The van der Waals surface area contributed by atoms with Crippen molar-refractivity contribution in [1.82, 2.24) is 14.8 Å². The van der Waals surface area contributed by atoms with Gasteiger partial charge in [0, 0.05) is 45.1 Å². The lowest BCUT2D eigenvalue weighted by molar-refractivity contribution is 0.159. The molecule has 2 rings (SSSR count). The van der Waals surface area contributed by atoms with Crippen molar-refractivity contribution in [3.8, 4) is 0 Å². The summed E-state index contributed by atoms with van der Waals surface area (Å²) in [5.41, 5.74) is 1.46. The van der Waals surface area contributed by atoms with Crippen LogP contribution in [0.25, 0.3) is 0 Å². The van der Waals surface area contributed by atoms with E-state index in [2.05, 4.69) is 47.1 Å². The predicted octanol–water partition coefficient (Wildman–Crippen LogP) is 1.77. The monoisotopic (exact) mass is 221 g/mol. The average Bonchev–Trinajstić information content (AvgIpc) is 2.73. The third-order valence-electron chi connectivity index (χ3n) is 3.48. The van der Waals surface area contributed by atoms with Crippen LogP contribution in [-0.4, -0.2) is 35.6 Å². The van der Waals surface area contributed by atoms with Gasteiger partial charge in [-0.05, 0) is 18.6 Å². The minimum atomic E-state index is 0.604. The zero-order valence-electron chi connectivity index (χ0n) is 10.4.